The smallest absolute Gasteiger partial charge is 0.118 e. The minimum Gasteiger partial charge on any atom is -0.497 e. The lowest BCUT2D eigenvalue weighted by molar-refractivity contribution is 0.0842. The van der Waals surface area contributed by atoms with Crippen molar-refractivity contribution in [1.29, 1.82) is 0 Å². The molecule has 0 saturated carbocycles. The number of ether oxygens (including phenoxy) is 1. The fraction of sp³-hybridized carbons (Fsp3) is 0.130. The Morgan fingerprint density at radius 1 is 0.800 bits per heavy atom. The van der Waals surface area contributed by atoms with E-state index in [1.807, 2.05) is 97.1 Å². The van der Waals surface area contributed by atoms with Gasteiger partial charge in [-0.3, -0.25) is 0 Å². The molecule has 126 valence electrons. The van der Waals surface area contributed by atoms with E-state index < -0.39 is 5.60 Å². The van der Waals surface area contributed by atoms with Crippen LogP contribution in [0.3, 0.4) is 0 Å². The highest BCUT2D eigenvalue weighted by Gasteiger charge is 2.30. The quantitative estimate of drug-likeness (QED) is 0.686. The molecule has 0 radical (unpaired) electrons. The fourth-order valence-electron chi connectivity index (χ4n) is 2.91. The molecule has 0 fully saturated rings. The Bertz CT molecular complexity index is 808. The van der Waals surface area contributed by atoms with Gasteiger partial charge in [0.1, 0.15) is 11.4 Å². The first-order valence-corrected chi connectivity index (χ1v) is 8.36. The van der Waals surface area contributed by atoms with Gasteiger partial charge in [-0.15, -0.1) is 0 Å². The first-order valence-electron chi connectivity index (χ1n) is 8.36. The first-order chi connectivity index (χ1) is 12.2. The fourth-order valence-corrected chi connectivity index (χ4v) is 2.91. The van der Waals surface area contributed by atoms with Crippen LogP contribution in [-0.2, 0) is 5.60 Å². The zero-order valence-electron chi connectivity index (χ0n) is 14.3. The van der Waals surface area contributed by atoms with Gasteiger partial charge in [0.15, 0.2) is 0 Å². The predicted molar refractivity (Wildman–Crippen MR) is 103 cm³/mol. The largest absolute Gasteiger partial charge is 0.497 e. The number of hydrogen-bond acceptors (Lipinski definition) is 2. The van der Waals surface area contributed by atoms with Crippen molar-refractivity contribution in [3.05, 3.63) is 108 Å². The van der Waals surface area contributed by atoms with Crippen LogP contribution in [0.1, 0.15) is 23.1 Å². The summed E-state index contributed by atoms with van der Waals surface area (Å²) in [5, 5.41) is 11.5. The van der Waals surface area contributed by atoms with Gasteiger partial charge in [-0.2, -0.15) is 0 Å². The Morgan fingerprint density at radius 3 is 1.96 bits per heavy atom. The third-order valence-corrected chi connectivity index (χ3v) is 4.34. The van der Waals surface area contributed by atoms with Crippen LogP contribution in [0.2, 0.25) is 0 Å². The molecule has 0 aromatic heterocycles. The molecule has 1 unspecified atom stereocenters. The van der Waals surface area contributed by atoms with E-state index in [1.165, 1.54) is 0 Å². The van der Waals surface area contributed by atoms with E-state index in [4.69, 9.17) is 4.74 Å². The molecule has 2 heteroatoms. The van der Waals surface area contributed by atoms with Crippen molar-refractivity contribution in [3.8, 4) is 5.75 Å². The lowest BCUT2D eigenvalue weighted by atomic mass is 9.83. The second kappa shape index (κ2) is 7.82. The monoisotopic (exact) mass is 330 g/mol. The molecule has 25 heavy (non-hydrogen) atoms. The standard InChI is InChI=1S/C23H22O2/c1-25-22-16-14-21(15-17-22)23(24,20-12-6-3-7-13-20)18-8-11-19-9-4-2-5-10-19/h2-17,24H,18H2,1H3/b11-8+. The molecule has 0 aliphatic rings. The predicted octanol–water partition coefficient (Wildman–Crippen LogP) is 5.03. The zero-order chi connectivity index (χ0) is 17.5. The van der Waals surface area contributed by atoms with Gasteiger partial charge in [0.05, 0.1) is 7.11 Å². The van der Waals surface area contributed by atoms with E-state index in [0.717, 1.165) is 22.4 Å². The SMILES string of the molecule is COc1ccc(C(O)(C/C=C/c2ccccc2)c2ccccc2)cc1. The molecule has 1 atom stereocenters. The number of hydrogen-bond donors (Lipinski definition) is 1. The maximum absolute atomic E-state index is 11.5. The van der Waals surface area contributed by atoms with Crippen molar-refractivity contribution in [1.82, 2.24) is 0 Å². The molecule has 0 bridgehead atoms. The van der Waals surface area contributed by atoms with Gasteiger partial charge < -0.3 is 9.84 Å². The average Bonchev–Trinajstić information content (AvgIpc) is 2.69. The third kappa shape index (κ3) is 3.98. The Labute approximate surface area is 149 Å². The van der Waals surface area contributed by atoms with Gasteiger partial charge in [0.2, 0.25) is 0 Å². The highest BCUT2D eigenvalue weighted by molar-refractivity contribution is 5.50. The van der Waals surface area contributed by atoms with Crippen molar-refractivity contribution in [2.75, 3.05) is 7.11 Å². The summed E-state index contributed by atoms with van der Waals surface area (Å²) >= 11 is 0. The second-order valence-corrected chi connectivity index (χ2v) is 5.97. The van der Waals surface area contributed by atoms with Crippen LogP contribution in [0.4, 0.5) is 0 Å². The van der Waals surface area contributed by atoms with Crippen molar-refractivity contribution in [2.45, 2.75) is 12.0 Å². The topological polar surface area (TPSA) is 29.5 Å². The molecule has 3 rings (SSSR count). The Balaban J connectivity index is 1.93. The Kier molecular flexibility index (Phi) is 5.32. The Hall–Kier alpha value is -2.84. The van der Waals surface area contributed by atoms with Crippen LogP contribution < -0.4 is 4.74 Å². The molecular formula is C23H22O2. The molecule has 3 aromatic carbocycles. The van der Waals surface area contributed by atoms with Gasteiger partial charge in [0.25, 0.3) is 0 Å². The number of methoxy groups -OCH3 is 1. The number of aliphatic hydroxyl groups is 1. The molecule has 1 N–H and O–H groups in total. The second-order valence-electron chi connectivity index (χ2n) is 5.97. The number of rotatable bonds is 6. The summed E-state index contributed by atoms with van der Waals surface area (Å²) in [4.78, 5) is 0. The number of benzene rings is 3. The van der Waals surface area contributed by atoms with Crippen LogP contribution in [0, 0.1) is 0 Å². The van der Waals surface area contributed by atoms with Gasteiger partial charge in [-0.1, -0.05) is 84.9 Å². The third-order valence-electron chi connectivity index (χ3n) is 4.34. The van der Waals surface area contributed by atoms with E-state index in [-0.39, 0.29) is 0 Å². The summed E-state index contributed by atoms with van der Waals surface area (Å²) in [6.45, 7) is 0. The van der Waals surface area contributed by atoms with Gasteiger partial charge in [-0.25, -0.2) is 0 Å². The lowest BCUT2D eigenvalue weighted by Gasteiger charge is -2.28. The maximum Gasteiger partial charge on any atom is 0.118 e. The summed E-state index contributed by atoms with van der Waals surface area (Å²) in [5.74, 6) is 0.777. The zero-order valence-corrected chi connectivity index (χ0v) is 14.3. The van der Waals surface area contributed by atoms with Gasteiger partial charge >= 0.3 is 0 Å². The van der Waals surface area contributed by atoms with Gasteiger partial charge in [-0.05, 0) is 28.8 Å². The summed E-state index contributed by atoms with van der Waals surface area (Å²) < 4.78 is 5.23. The van der Waals surface area contributed by atoms with Crippen molar-refractivity contribution in [3.63, 3.8) is 0 Å². The van der Waals surface area contributed by atoms with Crippen LogP contribution >= 0.6 is 0 Å². The normalized spacial score (nSPS) is 13.5. The molecule has 2 nitrogen and oxygen atoms in total. The molecule has 0 spiro atoms. The van der Waals surface area contributed by atoms with Crippen molar-refractivity contribution in [2.24, 2.45) is 0 Å². The lowest BCUT2D eigenvalue weighted by Crippen LogP contribution is -2.26. The highest BCUT2D eigenvalue weighted by atomic mass is 16.5. The summed E-state index contributed by atoms with van der Waals surface area (Å²) in [6.07, 6.45) is 4.54. The summed E-state index contributed by atoms with van der Waals surface area (Å²) in [5.41, 5.74) is 1.75. The highest BCUT2D eigenvalue weighted by Crippen LogP contribution is 2.34. The maximum atomic E-state index is 11.5. The van der Waals surface area contributed by atoms with E-state index in [1.54, 1.807) is 7.11 Å². The van der Waals surface area contributed by atoms with Crippen LogP contribution in [0.15, 0.2) is 91.0 Å². The minimum absolute atomic E-state index is 0.484. The van der Waals surface area contributed by atoms with Crippen LogP contribution in [0.25, 0.3) is 6.08 Å². The molecular weight excluding hydrogens is 308 g/mol. The Morgan fingerprint density at radius 2 is 1.36 bits per heavy atom. The minimum atomic E-state index is -1.08. The summed E-state index contributed by atoms with van der Waals surface area (Å²) in [7, 11) is 1.64. The van der Waals surface area contributed by atoms with Gasteiger partial charge in [0, 0.05) is 6.42 Å². The van der Waals surface area contributed by atoms with E-state index in [0.29, 0.717) is 6.42 Å². The molecule has 3 aromatic rings. The molecule has 0 aliphatic carbocycles. The van der Waals surface area contributed by atoms with E-state index in [2.05, 4.69) is 0 Å². The average molecular weight is 330 g/mol. The van der Waals surface area contributed by atoms with Crippen molar-refractivity contribution >= 4 is 6.08 Å². The molecule has 0 saturated heterocycles. The van der Waals surface area contributed by atoms with Crippen LogP contribution in [0.5, 0.6) is 5.75 Å². The molecule has 0 heterocycles. The van der Waals surface area contributed by atoms with E-state index >= 15 is 0 Å². The van der Waals surface area contributed by atoms with Crippen LogP contribution in [-0.4, -0.2) is 12.2 Å². The molecule has 0 amide bonds. The van der Waals surface area contributed by atoms with Crippen molar-refractivity contribution < 1.29 is 9.84 Å². The summed E-state index contributed by atoms with van der Waals surface area (Å²) in [6, 6.07) is 27.5. The first kappa shape index (κ1) is 17.0. The molecule has 0 aliphatic heterocycles. The van der Waals surface area contributed by atoms with E-state index in [9.17, 15) is 5.11 Å².